The summed E-state index contributed by atoms with van der Waals surface area (Å²) in [7, 11) is 0. The molecule has 0 aliphatic heterocycles. The van der Waals surface area contributed by atoms with Crippen molar-refractivity contribution in [3.63, 3.8) is 0 Å². The molecule has 15 heavy (non-hydrogen) atoms. The van der Waals surface area contributed by atoms with Gasteiger partial charge in [-0.05, 0) is 6.42 Å². The Morgan fingerprint density at radius 3 is 2.07 bits per heavy atom. The Bertz CT molecular complexity index is 152. The standard InChI is InChI=1S/C11H24N2O2/c1-2-3-4-5-6-7-8-9-10-12-13-11(14)15/h12-13H,2-10H2,1H3,(H,14,15). The van der Waals surface area contributed by atoms with E-state index in [1.807, 2.05) is 0 Å². The summed E-state index contributed by atoms with van der Waals surface area (Å²) in [5.74, 6) is 0. The summed E-state index contributed by atoms with van der Waals surface area (Å²) in [4.78, 5) is 10.1. The fourth-order valence-electron chi connectivity index (χ4n) is 1.49. The third-order valence-corrected chi connectivity index (χ3v) is 2.35. The molecule has 0 bridgehead atoms. The third kappa shape index (κ3) is 13.2. The van der Waals surface area contributed by atoms with E-state index < -0.39 is 6.09 Å². The van der Waals surface area contributed by atoms with E-state index in [-0.39, 0.29) is 0 Å². The number of hydrogen-bond acceptors (Lipinski definition) is 2. The summed E-state index contributed by atoms with van der Waals surface area (Å²) in [5, 5.41) is 8.26. The molecule has 4 heteroatoms. The van der Waals surface area contributed by atoms with Crippen LogP contribution in [0, 0.1) is 0 Å². The van der Waals surface area contributed by atoms with E-state index in [1.165, 1.54) is 44.9 Å². The molecule has 3 N–H and O–H groups in total. The molecule has 0 saturated carbocycles. The molecule has 0 unspecified atom stereocenters. The van der Waals surface area contributed by atoms with Crippen LogP contribution in [0.25, 0.3) is 0 Å². The molecule has 0 spiro atoms. The molecule has 0 radical (unpaired) electrons. The lowest BCUT2D eigenvalue weighted by atomic mass is 10.1. The van der Waals surface area contributed by atoms with Gasteiger partial charge in [0.25, 0.3) is 0 Å². The van der Waals surface area contributed by atoms with Crippen LogP contribution in [0.15, 0.2) is 0 Å². The average Bonchev–Trinajstić information content (AvgIpc) is 2.20. The van der Waals surface area contributed by atoms with Crippen molar-refractivity contribution in [1.82, 2.24) is 10.9 Å². The van der Waals surface area contributed by atoms with Gasteiger partial charge in [-0.25, -0.2) is 10.2 Å². The van der Waals surface area contributed by atoms with E-state index in [9.17, 15) is 4.79 Å². The fraction of sp³-hybridized carbons (Fsp3) is 0.909. The van der Waals surface area contributed by atoms with Gasteiger partial charge in [0.1, 0.15) is 0 Å². The maximum absolute atomic E-state index is 10.1. The summed E-state index contributed by atoms with van der Waals surface area (Å²) in [6.45, 7) is 2.95. The molecule has 0 aromatic carbocycles. The number of carboxylic acid groups (broad SMARTS) is 1. The SMILES string of the molecule is CCCCCCCCCCNNC(=O)O. The van der Waals surface area contributed by atoms with Crippen LogP contribution >= 0.6 is 0 Å². The second kappa shape index (κ2) is 11.3. The van der Waals surface area contributed by atoms with Crippen molar-refractivity contribution in [1.29, 1.82) is 0 Å². The molecular weight excluding hydrogens is 192 g/mol. The minimum Gasteiger partial charge on any atom is -0.464 e. The Morgan fingerprint density at radius 1 is 1.00 bits per heavy atom. The zero-order valence-corrected chi connectivity index (χ0v) is 9.72. The van der Waals surface area contributed by atoms with Crippen molar-refractivity contribution >= 4 is 6.09 Å². The predicted octanol–water partition coefficient (Wildman–Crippen LogP) is 2.90. The first-order valence-corrected chi connectivity index (χ1v) is 5.99. The Hall–Kier alpha value is -0.770. The van der Waals surface area contributed by atoms with Gasteiger partial charge < -0.3 is 5.11 Å². The molecule has 0 saturated heterocycles. The number of rotatable bonds is 10. The highest BCUT2D eigenvalue weighted by Gasteiger charge is 1.93. The molecule has 0 atom stereocenters. The second-order valence-corrected chi connectivity index (χ2v) is 3.83. The van der Waals surface area contributed by atoms with Crippen LogP contribution in [-0.2, 0) is 0 Å². The molecule has 0 aliphatic rings. The zero-order valence-electron chi connectivity index (χ0n) is 9.72. The van der Waals surface area contributed by atoms with Gasteiger partial charge in [0.2, 0.25) is 0 Å². The molecular formula is C11H24N2O2. The maximum atomic E-state index is 10.1. The number of amides is 1. The van der Waals surface area contributed by atoms with Crippen molar-refractivity contribution in [3.05, 3.63) is 0 Å². The number of hydrogen-bond donors (Lipinski definition) is 3. The van der Waals surface area contributed by atoms with Gasteiger partial charge in [-0.1, -0.05) is 51.9 Å². The summed E-state index contributed by atoms with van der Waals surface area (Å²) in [6, 6.07) is 0. The Morgan fingerprint density at radius 2 is 1.53 bits per heavy atom. The minimum atomic E-state index is -1.02. The van der Waals surface area contributed by atoms with Crippen LogP contribution in [-0.4, -0.2) is 17.7 Å². The van der Waals surface area contributed by atoms with Gasteiger partial charge in [0.05, 0.1) is 0 Å². The van der Waals surface area contributed by atoms with Crippen LogP contribution in [0.3, 0.4) is 0 Å². The van der Waals surface area contributed by atoms with Crippen molar-refractivity contribution in [2.45, 2.75) is 58.3 Å². The lowest BCUT2D eigenvalue weighted by Gasteiger charge is -2.03. The third-order valence-electron chi connectivity index (χ3n) is 2.35. The summed E-state index contributed by atoms with van der Waals surface area (Å²) < 4.78 is 0. The number of unbranched alkanes of at least 4 members (excludes halogenated alkanes) is 7. The van der Waals surface area contributed by atoms with Gasteiger partial charge in [0, 0.05) is 6.54 Å². The van der Waals surface area contributed by atoms with E-state index in [0.29, 0.717) is 0 Å². The van der Waals surface area contributed by atoms with E-state index in [0.717, 1.165) is 13.0 Å². The average molecular weight is 216 g/mol. The van der Waals surface area contributed by atoms with Crippen molar-refractivity contribution in [3.8, 4) is 0 Å². The fourth-order valence-corrected chi connectivity index (χ4v) is 1.49. The maximum Gasteiger partial charge on any atom is 0.419 e. The highest BCUT2D eigenvalue weighted by atomic mass is 16.4. The molecule has 0 fully saturated rings. The van der Waals surface area contributed by atoms with Gasteiger partial charge in [-0.2, -0.15) is 0 Å². The molecule has 0 aromatic rings. The van der Waals surface area contributed by atoms with Crippen LogP contribution in [0.5, 0.6) is 0 Å². The van der Waals surface area contributed by atoms with Crippen LogP contribution in [0.1, 0.15) is 58.3 Å². The highest BCUT2D eigenvalue weighted by Crippen LogP contribution is 2.07. The normalized spacial score (nSPS) is 10.2. The van der Waals surface area contributed by atoms with Gasteiger partial charge in [-0.3, -0.25) is 5.43 Å². The van der Waals surface area contributed by atoms with E-state index in [1.54, 1.807) is 0 Å². The molecule has 4 nitrogen and oxygen atoms in total. The number of carbonyl (C=O) groups is 1. The van der Waals surface area contributed by atoms with E-state index >= 15 is 0 Å². The molecule has 0 heterocycles. The van der Waals surface area contributed by atoms with Crippen LogP contribution < -0.4 is 10.9 Å². The van der Waals surface area contributed by atoms with Gasteiger partial charge in [0.15, 0.2) is 0 Å². The monoisotopic (exact) mass is 216 g/mol. The van der Waals surface area contributed by atoms with Gasteiger partial charge >= 0.3 is 6.09 Å². The highest BCUT2D eigenvalue weighted by molar-refractivity contribution is 5.63. The zero-order chi connectivity index (χ0) is 11.4. The summed E-state index contributed by atoms with van der Waals surface area (Å²) in [6.07, 6.45) is 9.12. The first-order valence-electron chi connectivity index (χ1n) is 5.99. The molecule has 0 rings (SSSR count). The number of nitrogens with one attached hydrogen (secondary N) is 2. The minimum absolute atomic E-state index is 0.723. The topological polar surface area (TPSA) is 61.4 Å². The Kier molecular flexibility index (Phi) is 10.7. The van der Waals surface area contributed by atoms with Crippen LogP contribution in [0.2, 0.25) is 0 Å². The summed E-state index contributed by atoms with van der Waals surface area (Å²) in [5.41, 5.74) is 4.78. The second-order valence-electron chi connectivity index (χ2n) is 3.83. The van der Waals surface area contributed by atoms with Crippen LogP contribution in [0.4, 0.5) is 4.79 Å². The molecule has 0 aliphatic carbocycles. The summed E-state index contributed by atoms with van der Waals surface area (Å²) >= 11 is 0. The Labute approximate surface area is 92.4 Å². The molecule has 0 aromatic heterocycles. The predicted molar refractivity (Wildman–Crippen MR) is 61.8 cm³/mol. The van der Waals surface area contributed by atoms with Crippen molar-refractivity contribution in [2.75, 3.05) is 6.54 Å². The van der Waals surface area contributed by atoms with Crippen molar-refractivity contribution < 1.29 is 9.90 Å². The quantitative estimate of drug-likeness (QED) is 0.388. The van der Waals surface area contributed by atoms with Gasteiger partial charge in [-0.15, -0.1) is 0 Å². The largest absolute Gasteiger partial charge is 0.464 e. The lowest BCUT2D eigenvalue weighted by Crippen LogP contribution is -2.36. The van der Waals surface area contributed by atoms with E-state index in [4.69, 9.17) is 5.11 Å². The molecule has 90 valence electrons. The first-order chi connectivity index (χ1) is 7.27. The number of hydrazine groups is 1. The van der Waals surface area contributed by atoms with Crippen molar-refractivity contribution in [2.24, 2.45) is 0 Å². The first kappa shape index (κ1) is 14.2. The smallest absolute Gasteiger partial charge is 0.419 e. The lowest BCUT2D eigenvalue weighted by molar-refractivity contribution is 0.189. The van der Waals surface area contributed by atoms with E-state index in [2.05, 4.69) is 17.8 Å². The molecule has 1 amide bonds. The Balaban J connectivity index is 2.89.